The van der Waals surface area contributed by atoms with Crippen LogP contribution in [0.5, 0.6) is 0 Å². The predicted molar refractivity (Wildman–Crippen MR) is 92.7 cm³/mol. The number of carbonyl (C=O) groups is 2. The van der Waals surface area contributed by atoms with Gasteiger partial charge in [-0.3, -0.25) is 4.79 Å². The Morgan fingerprint density at radius 2 is 1.88 bits per heavy atom. The zero-order valence-electron chi connectivity index (χ0n) is 14.3. The zero-order valence-corrected chi connectivity index (χ0v) is 14.3. The summed E-state index contributed by atoms with van der Waals surface area (Å²) in [6.07, 6.45) is 3.98. The lowest BCUT2D eigenvalue weighted by atomic mass is 9.80. The van der Waals surface area contributed by atoms with Crippen LogP contribution in [0.15, 0.2) is 30.3 Å². The molecule has 3 N–H and O–H groups in total. The summed E-state index contributed by atoms with van der Waals surface area (Å²) in [7, 11) is 0. The van der Waals surface area contributed by atoms with Crippen molar-refractivity contribution < 1.29 is 19.4 Å². The highest BCUT2D eigenvalue weighted by Gasteiger charge is 2.34. The Morgan fingerprint density at radius 3 is 2.48 bits per heavy atom. The summed E-state index contributed by atoms with van der Waals surface area (Å²) in [5.74, 6) is 0.0398. The number of carbonyl (C=O) groups excluding carboxylic acids is 2. The molecule has 6 heteroatoms. The van der Waals surface area contributed by atoms with Crippen molar-refractivity contribution in [1.29, 1.82) is 0 Å². The minimum atomic E-state index is -1.24. The second-order valence-electron chi connectivity index (χ2n) is 7.07. The van der Waals surface area contributed by atoms with Crippen molar-refractivity contribution in [3.8, 4) is 0 Å². The van der Waals surface area contributed by atoms with Crippen molar-refractivity contribution in [3.63, 3.8) is 0 Å². The molecule has 0 unspecified atom stereocenters. The molecule has 2 aliphatic rings. The van der Waals surface area contributed by atoms with Crippen LogP contribution in [0.2, 0.25) is 0 Å². The van der Waals surface area contributed by atoms with E-state index in [1.165, 1.54) is 6.42 Å². The molecule has 1 aromatic carbocycles. The predicted octanol–water partition coefficient (Wildman–Crippen LogP) is 2.11. The van der Waals surface area contributed by atoms with Crippen molar-refractivity contribution in [2.24, 2.45) is 5.92 Å². The lowest BCUT2D eigenvalue weighted by Gasteiger charge is -2.31. The third-order valence-electron chi connectivity index (χ3n) is 4.90. The van der Waals surface area contributed by atoms with Crippen molar-refractivity contribution in [1.82, 2.24) is 10.6 Å². The lowest BCUT2D eigenvalue weighted by molar-refractivity contribution is -0.131. The second-order valence-corrected chi connectivity index (χ2v) is 7.07. The fourth-order valence-corrected chi connectivity index (χ4v) is 2.97. The van der Waals surface area contributed by atoms with Gasteiger partial charge in [-0.1, -0.05) is 49.6 Å². The van der Waals surface area contributed by atoms with E-state index in [0.717, 1.165) is 31.2 Å². The van der Waals surface area contributed by atoms with Crippen molar-refractivity contribution in [2.45, 2.75) is 63.3 Å². The van der Waals surface area contributed by atoms with E-state index < -0.39 is 24.1 Å². The van der Waals surface area contributed by atoms with E-state index in [0.29, 0.717) is 12.3 Å². The van der Waals surface area contributed by atoms with Crippen LogP contribution < -0.4 is 10.6 Å². The Hall–Kier alpha value is -2.08. The van der Waals surface area contributed by atoms with Crippen LogP contribution in [-0.2, 0) is 16.1 Å². The molecule has 0 radical (unpaired) electrons. The highest BCUT2D eigenvalue weighted by atomic mass is 16.5. The molecule has 2 saturated carbocycles. The first-order chi connectivity index (χ1) is 12.1. The zero-order chi connectivity index (χ0) is 17.6. The average molecular weight is 346 g/mol. The van der Waals surface area contributed by atoms with Gasteiger partial charge in [0.15, 0.2) is 6.10 Å². The second kappa shape index (κ2) is 8.34. The van der Waals surface area contributed by atoms with E-state index >= 15 is 0 Å². The molecule has 2 atom stereocenters. The molecule has 6 nitrogen and oxygen atoms in total. The minimum Gasteiger partial charge on any atom is -0.445 e. The van der Waals surface area contributed by atoms with Gasteiger partial charge in [-0.05, 0) is 30.7 Å². The molecule has 2 fully saturated rings. The summed E-state index contributed by atoms with van der Waals surface area (Å²) in [5.41, 5.74) is 0.889. The highest BCUT2D eigenvalue weighted by Crippen LogP contribution is 2.31. The summed E-state index contributed by atoms with van der Waals surface area (Å²) in [5, 5.41) is 15.9. The molecule has 0 spiro atoms. The van der Waals surface area contributed by atoms with Crippen molar-refractivity contribution in [3.05, 3.63) is 35.9 Å². The van der Waals surface area contributed by atoms with Gasteiger partial charge in [0.25, 0.3) is 5.91 Å². The number of benzene rings is 1. The van der Waals surface area contributed by atoms with Crippen LogP contribution in [-0.4, -0.2) is 35.3 Å². The number of aliphatic hydroxyl groups excluding tert-OH is 1. The topological polar surface area (TPSA) is 87.7 Å². The molecule has 0 aromatic heterocycles. The molecule has 0 aliphatic heterocycles. The maximum atomic E-state index is 12.1. The van der Waals surface area contributed by atoms with E-state index in [4.69, 9.17) is 4.74 Å². The summed E-state index contributed by atoms with van der Waals surface area (Å²) >= 11 is 0. The number of hydrogen-bond acceptors (Lipinski definition) is 4. The van der Waals surface area contributed by atoms with Gasteiger partial charge in [0.05, 0.1) is 6.04 Å². The Bertz CT molecular complexity index is 584. The fraction of sp³-hybridized carbons (Fsp3) is 0.579. The largest absolute Gasteiger partial charge is 0.445 e. The van der Waals surface area contributed by atoms with Crippen LogP contribution in [0.4, 0.5) is 4.79 Å². The quantitative estimate of drug-likeness (QED) is 0.673. The summed E-state index contributed by atoms with van der Waals surface area (Å²) in [6, 6.07) is 8.95. The van der Waals surface area contributed by atoms with E-state index in [1.54, 1.807) is 0 Å². The highest BCUT2D eigenvalue weighted by molar-refractivity contribution is 5.82. The summed E-state index contributed by atoms with van der Waals surface area (Å²) in [4.78, 5) is 24.2. The standard InChI is InChI=1S/C19H26N2O4/c22-17(18(23)20-15-9-10-15)16(11-13-7-4-8-13)21-19(24)25-12-14-5-2-1-3-6-14/h1-3,5-6,13,15-17,22H,4,7-12H2,(H,20,23)(H,21,24)/t16-,17+/m0/s1. The molecule has 136 valence electrons. The SMILES string of the molecule is O=C(N[C@@H](CC1CCC1)[C@@H](O)C(=O)NC1CC1)OCc1ccccc1. The summed E-state index contributed by atoms with van der Waals surface area (Å²) in [6.45, 7) is 0.160. The van der Waals surface area contributed by atoms with Crippen LogP contribution in [0, 0.1) is 5.92 Å². The van der Waals surface area contributed by atoms with E-state index in [-0.39, 0.29) is 12.6 Å². The van der Waals surface area contributed by atoms with Crippen LogP contribution in [0.3, 0.4) is 0 Å². The smallest absolute Gasteiger partial charge is 0.407 e. The maximum Gasteiger partial charge on any atom is 0.407 e. The number of amides is 2. The normalized spacial score (nSPS) is 19.4. The number of nitrogens with one attached hydrogen (secondary N) is 2. The molecule has 0 bridgehead atoms. The molecule has 25 heavy (non-hydrogen) atoms. The van der Waals surface area contributed by atoms with Gasteiger partial charge in [0, 0.05) is 6.04 Å². The van der Waals surface area contributed by atoms with Gasteiger partial charge in [-0.15, -0.1) is 0 Å². The monoisotopic (exact) mass is 346 g/mol. The third kappa shape index (κ3) is 5.46. The van der Waals surface area contributed by atoms with Gasteiger partial charge in [-0.2, -0.15) is 0 Å². The Labute approximate surface area is 147 Å². The Morgan fingerprint density at radius 1 is 1.16 bits per heavy atom. The molecule has 2 aliphatic carbocycles. The molecule has 2 amide bonds. The van der Waals surface area contributed by atoms with Gasteiger partial charge >= 0.3 is 6.09 Å². The Kier molecular flexibility index (Phi) is 5.91. The molecule has 0 saturated heterocycles. The third-order valence-corrected chi connectivity index (χ3v) is 4.90. The first kappa shape index (κ1) is 17.7. The molecular formula is C19H26N2O4. The molecule has 0 heterocycles. The van der Waals surface area contributed by atoms with E-state index in [9.17, 15) is 14.7 Å². The number of alkyl carbamates (subject to hydrolysis) is 1. The van der Waals surface area contributed by atoms with Crippen LogP contribution >= 0.6 is 0 Å². The number of aliphatic hydroxyl groups is 1. The van der Waals surface area contributed by atoms with Gasteiger partial charge in [0.1, 0.15) is 6.61 Å². The van der Waals surface area contributed by atoms with Crippen LogP contribution in [0.25, 0.3) is 0 Å². The number of ether oxygens (including phenoxy) is 1. The number of rotatable bonds is 8. The molecule has 3 rings (SSSR count). The molecular weight excluding hydrogens is 320 g/mol. The van der Waals surface area contributed by atoms with E-state index in [1.807, 2.05) is 30.3 Å². The average Bonchev–Trinajstić information content (AvgIpc) is 3.39. The first-order valence-corrected chi connectivity index (χ1v) is 9.07. The van der Waals surface area contributed by atoms with Crippen molar-refractivity contribution >= 4 is 12.0 Å². The molecule has 1 aromatic rings. The lowest BCUT2D eigenvalue weighted by Crippen LogP contribution is -2.52. The summed E-state index contributed by atoms with van der Waals surface area (Å²) < 4.78 is 5.22. The fourth-order valence-electron chi connectivity index (χ4n) is 2.97. The van der Waals surface area contributed by atoms with Crippen molar-refractivity contribution in [2.75, 3.05) is 0 Å². The van der Waals surface area contributed by atoms with Crippen LogP contribution in [0.1, 0.15) is 44.1 Å². The van der Waals surface area contributed by atoms with E-state index in [2.05, 4.69) is 10.6 Å². The minimum absolute atomic E-state index is 0.160. The van der Waals surface area contributed by atoms with Gasteiger partial charge in [0.2, 0.25) is 0 Å². The first-order valence-electron chi connectivity index (χ1n) is 9.07. The van der Waals surface area contributed by atoms with Gasteiger partial charge in [-0.25, -0.2) is 4.79 Å². The Balaban J connectivity index is 1.52. The maximum absolute atomic E-state index is 12.1. The number of hydrogen-bond donors (Lipinski definition) is 3. The van der Waals surface area contributed by atoms with Gasteiger partial charge < -0.3 is 20.5 Å².